The number of nitrogens with zero attached hydrogens (tertiary/aromatic N) is 4. The standard InChI is InChI=1S/C9H11ClN4O2/c10-9-2-1-8(5-11-9)6-12-3-4-13(7-12)14(15)16/h1-2,5H,3-4,6-7H2. The van der Waals surface area contributed by atoms with Crippen LogP contribution in [0.2, 0.25) is 5.15 Å². The first kappa shape index (κ1) is 11.1. The maximum absolute atomic E-state index is 10.5. The van der Waals surface area contributed by atoms with Crippen molar-refractivity contribution in [2.75, 3.05) is 19.8 Å². The molecule has 1 aliphatic rings. The molecule has 0 N–H and O–H groups in total. The number of hydrogen-bond donors (Lipinski definition) is 0. The average molecular weight is 243 g/mol. The Morgan fingerprint density at radius 2 is 2.31 bits per heavy atom. The summed E-state index contributed by atoms with van der Waals surface area (Å²) in [5.41, 5.74) is 1.01. The van der Waals surface area contributed by atoms with Crippen molar-refractivity contribution in [2.45, 2.75) is 6.54 Å². The van der Waals surface area contributed by atoms with E-state index < -0.39 is 0 Å². The topological polar surface area (TPSA) is 62.5 Å². The number of rotatable bonds is 3. The molecule has 16 heavy (non-hydrogen) atoms. The highest BCUT2D eigenvalue weighted by Crippen LogP contribution is 2.11. The van der Waals surface area contributed by atoms with Gasteiger partial charge in [0.2, 0.25) is 0 Å². The Hall–Kier alpha value is -1.40. The average Bonchev–Trinajstić information content (AvgIpc) is 2.70. The van der Waals surface area contributed by atoms with Gasteiger partial charge in [-0.15, -0.1) is 5.01 Å². The van der Waals surface area contributed by atoms with Crippen LogP contribution >= 0.6 is 11.6 Å². The fourth-order valence-electron chi connectivity index (χ4n) is 1.65. The Bertz CT molecular complexity index is 384. The summed E-state index contributed by atoms with van der Waals surface area (Å²) in [7, 11) is 0. The molecule has 0 aliphatic carbocycles. The van der Waals surface area contributed by atoms with Crippen LogP contribution in [-0.2, 0) is 6.54 Å². The van der Waals surface area contributed by atoms with Crippen molar-refractivity contribution in [3.63, 3.8) is 0 Å². The van der Waals surface area contributed by atoms with Crippen molar-refractivity contribution >= 4 is 11.6 Å². The Morgan fingerprint density at radius 1 is 1.50 bits per heavy atom. The van der Waals surface area contributed by atoms with E-state index in [1.165, 1.54) is 5.01 Å². The predicted molar refractivity (Wildman–Crippen MR) is 58.2 cm³/mol. The van der Waals surface area contributed by atoms with Crippen LogP contribution in [0.3, 0.4) is 0 Å². The first-order valence-corrected chi connectivity index (χ1v) is 5.25. The lowest BCUT2D eigenvalue weighted by Gasteiger charge is -2.13. The molecule has 0 bridgehead atoms. The Morgan fingerprint density at radius 3 is 2.88 bits per heavy atom. The summed E-state index contributed by atoms with van der Waals surface area (Å²) in [6.07, 6.45) is 1.69. The fourth-order valence-corrected chi connectivity index (χ4v) is 1.76. The van der Waals surface area contributed by atoms with Gasteiger partial charge < -0.3 is 0 Å². The van der Waals surface area contributed by atoms with Crippen LogP contribution in [0, 0.1) is 10.1 Å². The van der Waals surface area contributed by atoms with Crippen molar-refractivity contribution in [3.05, 3.63) is 39.2 Å². The van der Waals surface area contributed by atoms with Crippen LogP contribution in [0.25, 0.3) is 0 Å². The minimum atomic E-state index is -0.361. The Labute approximate surface area is 97.6 Å². The minimum Gasteiger partial charge on any atom is -0.275 e. The van der Waals surface area contributed by atoms with Gasteiger partial charge in [-0.25, -0.2) is 15.1 Å². The zero-order valence-electron chi connectivity index (χ0n) is 8.54. The van der Waals surface area contributed by atoms with Gasteiger partial charge in [0, 0.05) is 19.3 Å². The molecule has 0 atom stereocenters. The highest BCUT2D eigenvalue weighted by molar-refractivity contribution is 6.29. The van der Waals surface area contributed by atoms with Crippen LogP contribution in [0.15, 0.2) is 18.3 Å². The van der Waals surface area contributed by atoms with Crippen LogP contribution in [-0.4, -0.2) is 39.7 Å². The Kier molecular flexibility index (Phi) is 3.21. The molecule has 0 spiro atoms. The van der Waals surface area contributed by atoms with Crippen molar-refractivity contribution < 1.29 is 5.03 Å². The zero-order chi connectivity index (χ0) is 11.5. The van der Waals surface area contributed by atoms with Crippen molar-refractivity contribution in [1.29, 1.82) is 0 Å². The molecule has 0 unspecified atom stereocenters. The molecule has 0 saturated carbocycles. The second kappa shape index (κ2) is 4.63. The van der Waals surface area contributed by atoms with E-state index in [2.05, 4.69) is 4.98 Å². The molecule has 1 saturated heterocycles. The molecule has 0 aromatic carbocycles. The minimum absolute atomic E-state index is 0.357. The highest BCUT2D eigenvalue weighted by Gasteiger charge is 2.26. The fraction of sp³-hybridized carbons (Fsp3) is 0.444. The lowest BCUT2D eigenvalue weighted by molar-refractivity contribution is -0.652. The highest BCUT2D eigenvalue weighted by atomic mass is 35.5. The van der Waals surface area contributed by atoms with Gasteiger partial charge in [0.25, 0.3) is 0 Å². The number of aromatic nitrogens is 1. The number of hydrogen-bond acceptors (Lipinski definition) is 4. The number of halogens is 1. The van der Waals surface area contributed by atoms with Crippen molar-refractivity contribution in [2.24, 2.45) is 0 Å². The van der Waals surface area contributed by atoms with E-state index in [-0.39, 0.29) is 5.03 Å². The van der Waals surface area contributed by atoms with Crippen LogP contribution < -0.4 is 0 Å². The first-order valence-electron chi connectivity index (χ1n) is 4.87. The SMILES string of the molecule is O=[N+]([O-])N1CCN(Cc2ccc(Cl)nc2)C1. The number of pyridine rings is 1. The van der Waals surface area contributed by atoms with Crippen LogP contribution in [0.4, 0.5) is 0 Å². The van der Waals surface area contributed by atoms with Gasteiger partial charge >= 0.3 is 0 Å². The van der Waals surface area contributed by atoms with Crippen molar-refractivity contribution in [3.8, 4) is 0 Å². The van der Waals surface area contributed by atoms with E-state index in [4.69, 9.17) is 11.6 Å². The van der Waals surface area contributed by atoms with Crippen molar-refractivity contribution in [1.82, 2.24) is 14.9 Å². The van der Waals surface area contributed by atoms with E-state index in [0.29, 0.717) is 31.5 Å². The molecule has 6 nitrogen and oxygen atoms in total. The largest absolute Gasteiger partial charge is 0.275 e. The normalized spacial score (nSPS) is 16.7. The third kappa shape index (κ3) is 2.59. The van der Waals surface area contributed by atoms with Gasteiger partial charge in [-0.1, -0.05) is 17.7 Å². The van der Waals surface area contributed by atoms with E-state index >= 15 is 0 Å². The van der Waals surface area contributed by atoms with Gasteiger partial charge in [0.15, 0.2) is 5.03 Å². The molecule has 1 aromatic heterocycles. The quantitative estimate of drug-likeness (QED) is 0.450. The molecular weight excluding hydrogens is 232 g/mol. The molecule has 2 heterocycles. The molecule has 1 aliphatic heterocycles. The van der Waals surface area contributed by atoms with Crippen LogP contribution in [0.1, 0.15) is 5.56 Å². The summed E-state index contributed by atoms with van der Waals surface area (Å²) >= 11 is 5.67. The second-order valence-electron chi connectivity index (χ2n) is 3.65. The monoisotopic (exact) mass is 242 g/mol. The van der Waals surface area contributed by atoms with Gasteiger partial charge in [-0.2, -0.15) is 0 Å². The summed E-state index contributed by atoms with van der Waals surface area (Å²) in [6.45, 7) is 2.18. The molecule has 0 radical (unpaired) electrons. The molecule has 7 heteroatoms. The Balaban J connectivity index is 1.92. The molecular formula is C9H11ClN4O2. The maximum Gasteiger partial charge on any atom is 0.161 e. The predicted octanol–water partition coefficient (Wildman–Crippen LogP) is 1.00. The molecule has 1 fully saturated rings. The number of nitro groups is 1. The summed E-state index contributed by atoms with van der Waals surface area (Å²) < 4.78 is 0. The third-order valence-corrected chi connectivity index (χ3v) is 2.69. The van der Waals surface area contributed by atoms with Gasteiger partial charge in [0.05, 0.1) is 6.54 Å². The lowest BCUT2D eigenvalue weighted by Crippen LogP contribution is -2.29. The first-order chi connectivity index (χ1) is 7.65. The number of hydrazine groups is 1. The van der Waals surface area contributed by atoms with E-state index in [1.54, 1.807) is 12.3 Å². The summed E-state index contributed by atoms with van der Waals surface area (Å²) in [5.74, 6) is 0. The summed E-state index contributed by atoms with van der Waals surface area (Å²) in [4.78, 5) is 16.5. The van der Waals surface area contributed by atoms with E-state index in [1.807, 2.05) is 11.0 Å². The van der Waals surface area contributed by atoms with Crippen LogP contribution in [0.5, 0.6) is 0 Å². The molecule has 86 valence electrons. The third-order valence-electron chi connectivity index (χ3n) is 2.46. The van der Waals surface area contributed by atoms with E-state index in [0.717, 1.165) is 5.56 Å². The molecule has 2 rings (SSSR count). The smallest absolute Gasteiger partial charge is 0.161 e. The molecule has 1 aromatic rings. The lowest BCUT2D eigenvalue weighted by atomic mass is 10.3. The summed E-state index contributed by atoms with van der Waals surface area (Å²) in [5, 5.41) is 11.8. The summed E-state index contributed by atoms with van der Waals surface area (Å²) in [6, 6.07) is 3.60. The van der Waals surface area contributed by atoms with E-state index in [9.17, 15) is 10.1 Å². The molecule has 0 amide bonds. The zero-order valence-corrected chi connectivity index (χ0v) is 9.30. The maximum atomic E-state index is 10.5. The van der Waals surface area contributed by atoms with Gasteiger partial charge in [-0.05, 0) is 11.6 Å². The van der Waals surface area contributed by atoms with Gasteiger partial charge in [0.1, 0.15) is 11.8 Å². The second-order valence-corrected chi connectivity index (χ2v) is 4.04. The van der Waals surface area contributed by atoms with Gasteiger partial charge in [-0.3, -0.25) is 4.90 Å².